The molecular formula is C13H17NO4. The van der Waals surface area contributed by atoms with Crippen molar-refractivity contribution >= 4 is 17.6 Å². The molecule has 18 heavy (non-hydrogen) atoms. The maximum atomic E-state index is 11.5. The number of ether oxygens (including phenoxy) is 1. The van der Waals surface area contributed by atoms with Crippen molar-refractivity contribution in [2.75, 3.05) is 11.9 Å². The first-order valence-electron chi connectivity index (χ1n) is 5.81. The van der Waals surface area contributed by atoms with Gasteiger partial charge in [0.05, 0.1) is 6.61 Å². The van der Waals surface area contributed by atoms with E-state index in [2.05, 4.69) is 5.32 Å². The number of hydrogen-bond acceptors (Lipinski definition) is 3. The van der Waals surface area contributed by atoms with Gasteiger partial charge in [-0.15, -0.1) is 0 Å². The number of hydrogen-bond donors (Lipinski definition) is 2. The number of carbonyl (C=O) groups excluding carboxylic acids is 1. The number of rotatable bonds is 6. The molecule has 1 rings (SSSR count). The topological polar surface area (TPSA) is 75.6 Å². The van der Waals surface area contributed by atoms with Gasteiger partial charge in [-0.2, -0.15) is 0 Å². The Labute approximate surface area is 106 Å². The number of benzene rings is 1. The summed E-state index contributed by atoms with van der Waals surface area (Å²) in [6.45, 7) is 4.00. The molecule has 1 amide bonds. The molecule has 0 fully saturated rings. The molecule has 1 unspecified atom stereocenters. The van der Waals surface area contributed by atoms with Crippen molar-refractivity contribution < 1.29 is 19.4 Å². The highest BCUT2D eigenvalue weighted by molar-refractivity contribution is 6.03. The van der Waals surface area contributed by atoms with Gasteiger partial charge in [0.2, 0.25) is 5.91 Å². The second kappa shape index (κ2) is 6.64. The van der Waals surface area contributed by atoms with Crippen LogP contribution >= 0.6 is 0 Å². The first kappa shape index (κ1) is 14.0. The minimum absolute atomic E-state index is 0.537. The summed E-state index contributed by atoms with van der Waals surface area (Å²) in [5, 5.41) is 11.2. The Bertz CT molecular complexity index is 414. The number of carboxylic acid groups (broad SMARTS) is 1. The van der Waals surface area contributed by atoms with Crippen LogP contribution < -0.4 is 10.1 Å². The van der Waals surface area contributed by atoms with Gasteiger partial charge in [0.1, 0.15) is 11.7 Å². The molecule has 1 aromatic carbocycles. The molecule has 0 aliphatic heterocycles. The van der Waals surface area contributed by atoms with E-state index in [0.29, 0.717) is 12.3 Å². The van der Waals surface area contributed by atoms with Gasteiger partial charge in [-0.3, -0.25) is 9.59 Å². The number of carboxylic acids is 1. The van der Waals surface area contributed by atoms with E-state index in [1.54, 1.807) is 24.3 Å². The quantitative estimate of drug-likeness (QED) is 0.759. The van der Waals surface area contributed by atoms with Crippen LogP contribution in [0.1, 0.15) is 20.3 Å². The lowest BCUT2D eigenvalue weighted by Gasteiger charge is -2.09. The van der Waals surface area contributed by atoms with Crippen molar-refractivity contribution in [3.05, 3.63) is 24.3 Å². The van der Waals surface area contributed by atoms with Crippen LogP contribution in [0.5, 0.6) is 5.75 Å². The summed E-state index contributed by atoms with van der Waals surface area (Å²) in [7, 11) is 0. The molecule has 5 nitrogen and oxygen atoms in total. The van der Waals surface area contributed by atoms with E-state index in [1.165, 1.54) is 6.92 Å². The molecule has 1 atom stereocenters. The van der Waals surface area contributed by atoms with E-state index in [9.17, 15) is 9.59 Å². The molecule has 0 aliphatic carbocycles. The van der Waals surface area contributed by atoms with Gasteiger partial charge >= 0.3 is 5.97 Å². The van der Waals surface area contributed by atoms with E-state index in [4.69, 9.17) is 9.84 Å². The normalized spacial score (nSPS) is 11.7. The molecule has 1 aromatic rings. The van der Waals surface area contributed by atoms with Crippen molar-refractivity contribution in [2.45, 2.75) is 20.3 Å². The van der Waals surface area contributed by atoms with Crippen LogP contribution in [0.15, 0.2) is 24.3 Å². The Morgan fingerprint density at radius 2 is 1.94 bits per heavy atom. The molecule has 0 saturated heterocycles. The second-order valence-electron chi connectivity index (χ2n) is 3.92. The second-order valence-corrected chi connectivity index (χ2v) is 3.92. The monoisotopic (exact) mass is 251 g/mol. The van der Waals surface area contributed by atoms with E-state index in [0.717, 1.165) is 12.2 Å². The molecule has 0 saturated carbocycles. The van der Waals surface area contributed by atoms with E-state index in [-0.39, 0.29) is 0 Å². The molecule has 0 aliphatic rings. The highest BCUT2D eigenvalue weighted by atomic mass is 16.5. The number of carbonyl (C=O) groups is 2. The zero-order chi connectivity index (χ0) is 13.5. The molecule has 2 N–H and O–H groups in total. The maximum Gasteiger partial charge on any atom is 0.315 e. The van der Waals surface area contributed by atoms with Gasteiger partial charge in [-0.1, -0.05) is 6.92 Å². The van der Waals surface area contributed by atoms with E-state index >= 15 is 0 Å². The first-order chi connectivity index (χ1) is 8.54. The Balaban J connectivity index is 2.58. The molecule has 98 valence electrons. The standard InChI is InChI=1S/C13H17NO4/c1-3-8-18-11-6-4-10(5-7-11)14-12(15)9(2)13(16)17/h4-7,9H,3,8H2,1-2H3,(H,14,15)(H,16,17). The molecule has 0 aromatic heterocycles. The van der Waals surface area contributed by atoms with Crippen LogP contribution in [0.2, 0.25) is 0 Å². The molecule has 0 spiro atoms. The van der Waals surface area contributed by atoms with Crippen molar-refractivity contribution in [2.24, 2.45) is 5.92 Å². The molecule has 0 radical (unpaired) electrons. The summed E-state index contributed by atoms with van der Waals surface area (Å²) in [4.78, 5) is 22.1. The molecule has 5 heteroatoms. The fraction of sp³-hybridized carbons (Fsp3) is 0.385. The van der Waals surface area contributed by atoms with Gasteiger partial charge in [0, 0.05) is 5.69 Å². The van der Waals surface area contributed by atoms with E-state index in [1.807, 2.05) is 6.92 Å². The van der Waals surface area contributed by atoms with Crippen LogP contribution in [0, 0.1) is 5.92 Å². The summed E-state index contributed by atoms with van der Waals surface area (Å²) < 4.78 is 5.39. The first-order valence-corrected chi connectivity index (χ1v) is 5.81. The Morgan fingerprint density at radius 3 is 2.44 bits per heavy atom. The summed E-state index contributed by atoms with van der Waals surface area (Å²) in [6, 6.07) is 6.82. The zero-order valence-electron chi connectivity index (χ0n) is 10.5. The van der Waals surface area contributed by atoms with Crippen molar-refractivity contribution in [3.63, 3.8) is 0 Å². The number of aliphatic carboxylic acids is 1. The predicted molar refractivity (Wildman–Crippen MR) is 67.7 cm³/mol. The predicted octanol–water partition coefficient (Wildman–Crippen LogP) is 2.13. The fourth-order valence-electron chi connectivity index (χ4n) is 1.22. The minimum atomic E-state index is -1.14. The van der Waals surface area contributed by atoms with Crippen molar-refractivity contribution in [1.29, 1.82) is 0 Å². The summed E-state index contributed by atoms with van der Waals surface area (Å²) in [5.74, 6) is -2.03. The number of amides is 1. The SMILES string of the molecule is CCCOc1ccc(NC(=O)C(C)C(=O)O)cc1. The van der Waals surface area contributed by atoms with Crippen LogP contribution in [-0.2, 0) is 9.59 Å². The van der Waals surface area contributed by atoms with Gasteiger partial charge in [-0.25, -0.2) is 0 Å². The average Bonchev–Trinajstić information content (AvgIpc) is 2.36. The Hall–Kier alpha value is -2.04. The van der Waals surface area contributed by atoms with E-state index < -0.39 is 17.8 Å². The number of anilines is 1. The van der Waals surface area contributed by atoms with Gasteiger partial charge < -0.3 is 15.2 Å². The highest BCUT2D eigenvalue weighted by Crippen LogP contribution is 2.16. The average molecular weight is 251 g/mol. The molecular weight excluding hydrogens is 234 g/mol. The summed E-state index contributed by atoms with van der Waals surface area (Å²) in [5.41, 5.74) is 0.553. The zero-order valence-corrected chi connectivity index (χ0v) is 10.5. The third-order valence-electron chi connectivity index (χ3n) is 2.36. The lowest BCUT2D eigenvalue weighted by molar-refractivity contribution is -0.144. The van der Waals surface area contributed by atoms with Crippen molar-refractivity contribution in [3.8, 4) is 5.75 Å². The van der Waals surface area contributed by atoms with Crippen LogP contribution in [0.4, 0.5) is 5.69 Å². The smallest absolute Gasteiger partial charge is 0.315 e. The Morgan fingerprint density at radius 1 is 1.33 bits per heavy atom. The van der Waals surface area contributed by atoms with Gasteiger partial charge in [-0.05, 0) is 37.6 Å². The lowest BCUT2D eigenvalue weighted by atomic mass is 10.1. The van der Waals surface area contributed by atoms with Crippen LogP contribution in [-0.4, -0.2) is 23.6 Å². The van der Waals surface area contributed by atoms with Crippen molar-refractivity contribution in [1.82, 2.24) is 0 Å². The third kappa shape index (κ3) is 4.08. The third-order valence-corrected chi connectivity index (χ3v) is 2.36. The maximum absolute atomic E-state index is 11.5. The molecule has 0 heterocycles. The fourth-order valence-corrected chi connectivity index (χ4v) is 1.22. The van der Waals surface area contributed by atoms with Crippen LogP contribution in [0.25, 0.3) is 0 Å². The number of nitrogens with one attached hydrogen (secondary N) is 1. The lowest BCUT2D eigenvalue weighted by Crippen LogP contribution is -2.26. The van der Waals surface area contributed by atoms with Gasteiger partial charge in [0.15, 0.2) is 0 Å². The highest BCUT2D eigenvalue weighted by Gasteiger charge is 2.20. The minimum Gasteiger partial charge on any atom is -0.494 e. The molecule has 0 bridgehead atoms. The Kier molecular flexibility index (Phi) is 5.17. The van der Waals surface area contributed by atoms with Crippen LogP contribution in [0.3, 0.4) is 0 Å². The summed E-state index contributed by atoms with van der Waals surface area (Å²) in [6.07, 6.45) is 0.925. The largest absolute Gasteiger partial charge is 0.494 e. The van der Waals surface area contributed by atoms with Gasteiger partial charge in [0.25, 0.3) is 0 Å². The summed E-state index contributed by atoms with van der Waals surface area (Å²) >= 11 is 0.